The third kappa shape index (κ3) is 3.31. The van der Waals surface area contributed by atoms with Crippen LogP contribution in [0.1, 0.15) is 5.69 Å². The number of hydrogen-bond acceptors (Lipinski definition) is 4. The van der Waals surface area contributed by atoms with Gasteiger partial charge in [-0.2, -0.15) is 11.8 Å². The second-order valence-electron chi connectivity index (χ2n) is 3.50. The van der Waals surface area contributed by atoms with Crippen LogP contribution < -0.4 is 5.73 Å². The summed E-state index contributed by atoms with van der Waals surface area (Å²) in [5, 5.41) is 0. The Balaban J connectivity index is 2.07. The molecule has 3 nitrogen and oxygen atoms in total. The summed E-state index contributed by atoms with van der Waals surface area (Å²) in [5.74, 6) is 1.81. The maximum atomic E-state index is 13.0. The normalized spacial score (nSPS) is 10.7. The fourth-order valence-corrected chi connectivity index (χ4v) is 2.04. The van der Waals surface area contributed by atoms with Crippen molar-refractivity contribution < 1.29 is 8.81 Å². The molecule has 5 heteroatoms. The van der Waals surface area contributed by atoms with Crippen LogP contribution in [0, 0.1) is 5.82 Å². The second-order valence-corrected chi connectivity index (χ2v) is 4.60. The largest absolute Gasteiger partial charge is 0.444 e. The highest BCUT2D eigenvalue weighted by atomic mass is 32.2. The Morgan fingerprint density at radius 3 is 3.06 bits per heavy atom. The first-order chi connectivity index (χ1) is 8.29. The van der Waals surface area contributed by atoms with Crippen LogP contribution in [0.5, 0.6) is 0 Å². The van der Waals surface area contributed by atoms with E-state index >= 15 is 0 Å². The van der Waals surface area contributed by atoms with Crippen LogP contribution in [0.2, 0.25) is 0 Å². The van der Waals surface area contributed by atoms with Crippen molar-refractivity contribution in [1.29, 1.82) is 0 Å². The highest BCUT2D eigenvalue weighted by molar-refractivity contribution is 7.98. The van der Waals surface area contributed by atoms with Crippen LogP contribution in [0.25, 0.3) is 11.5 Å². The minimum atomic E-state index is -0.292. The molecule has 0 unspecified atom stereocenters. The molecule has 2 N–H and O–H groups in total. The van der Waals surface area contributed by atoms with Crippen LogP contribution in [0.15, 0.2) is 34.9 Å². The first-order valence-corrected chi connectivity index (χ1v) is 6.43. The van der Waals surface area contributed by atoms with E-state index in [1.807, 2.05) is 0 Å². The molecule has 0 amide bonds. The molecule has 0 saturated carbocycles. The van der Waals surface area contributed by atoms with Crippen molar-refractivity contribution in [2.24, 2.45) is 5.73 Å². The standard InChI is InChI=1S/C12H13FN2OS/c13-10-3-1-2-9(6-10)12-15-11(7-16-12)8-17-5-4-14/h1-3,6-7H,4-5,8,14H2. The van der Waals surface area contributed by atoms with Crippen LogP contribution in [0.3, 0.4) is 0 Å². The summed E-state index contributed by atoms with van der Waals surface area (Å²) in [6, 6.07) is 6.20. The quantitative estimate of drug-likeness (QED) is 0.831. The molecule has 0 atom stereocenters. The van der Waals surface area contributed by atoms with Gasteiger partial charge in [0.05, 0.1) is 5.69 Å². The Hall–Kier alpha value is -1.33. The van der Waals surface area contributed by atoms with E-state index in [0.717, 1.165) is 17.2 Å². The van der Waals surface area contributed by atoms with Gasteiger partial charge in [-0.25, -0.2) is 9.37 Å². The molecule has 0 radical (unpaired) electrons. The number of halogens is 1. The fourth-order valence-electron chi connectivity index (χ4n) is 1.39. The van der Waals surface area contributed by atoms with Crippen molar-refractivity contribution in [3.8, 4) is 11.5 Å². The molecule has 90 valence electrons. The summed E-state index contributed by atoms with van der Waals surface area (Å²) < 4.78 is 18.3. The smallest absolute Gasteiger partial charge is 0.226 e. The van der Waals surface area contributed by atoms with Gasteiger partial charge in [0.25, 0.3) is 0 Å². The Bertz CT molecular complexity index is 487. The van der Waals surface area contributed by atoms with E-state index in [-0.39, 0.29) is 5.82 Å². The Labute approximate surface area is 103 Å². The van der Waals surface area contributed by atoms with Crippen LogP contribution in [0.4, 0.5) is 4.39 Å². The van der Waals surface area contributed by atoms with E-state index in [0.29, 0.717) is 18.0 Å². The average Bonchev–Trinajstić information content (AvgIpc) is 2.78. The molecule has 0 fully saturated rings. The molecule has 17 heavy (non-hydrogen) atoms. The lowest BCUT2D eigenvalue weighted by Gasteiger charge is -1.95. The molecule has 0 aliphatic carbocycles. The Morgan fingerprint density at radius 2 is 2.29 bits per heavy atom. The van der Waals surface area contributed by atoms with Crippen molar-refractivity contribution in [2.75, 3.05) is 12.3 Å². The average molecular weight is 252 g/mol. The minimum absolute atomic E-state index is 0.292. The predicted octanol–water partition coefficient (Wildman–Crippen LogP) is 2.67. The SMILES string of the molecule is NCCSCc1coc(-c2cccc(F)c2)n1. The van der Waals surface area contributed by atoms with E-state index in [2.05, 4.69) is 4.98 Å². The number of rotatable bonds is 5. The van der Waals surface area contributed by atoms with Crippen molar-refractivity contribution in [3.05, 3.63) is 42.0 Å². The van der Waals surface area contributed by atoms with Crippen molar-refractivity contribution in [2.45, 2.75) is 5.75 Å². The number of thioether (sulfide) groups is 1. The molecular weight excluding hydrogens is 239 g/mol. The fraction of sp³-hybridized carbons (Fsp3) is 0.250. The number of nitrogens with two attached hydrogens (primary N) is 1. The lowest BCUT2D eigenvalue weighted by molar-refractivity contribution is 0.571. The maximum Gasteiger partial charge on any atom is 0.226 e. The lowest BCUT2D eigenvalue weighted by atomic mass is 10.2. The van der Waals surface area contributed by atoms with Crippen LogP contribution >= 0.6 is 11.8 Å². The molecule has 2 rings (SSSR count). The van der Waals surface area contributed by atoms with Gasteiger partial charge in [0.2, 0.25) is 5.89 Å². The zero-order valence-electron chi connectivity index (χ0n) is 9.23. The summed E-state index contributed by atoms with van der Waals surface area (Å²) in [6.07, 6.45) is 1.60. The molecule has 1 aromatic carbocycles. The van der Waals surface area contributed by atoms with Gasteiger partial charge in [-0.1, -0.05) is 6.07 Å². The predicted molar refractivity (Wildman–Crippen MR) is 67.1 cm³/mol. The zero-order chi connectivity index (χ0) is 12.1. The van der Waals surface area contributed by atoms with Gasteiger partial charge in [0.1, 0.15) is 12.1 Å². The molecule has 2 aromatic rings. The molecule has 0 aliphatic heterocycles. The van der Waals surface area contributed by atoms with Gasteiger partial charge in [-0.05, 0) is 18.2 Å². The topological polar surface area (TPSA) is 52.0 Å². The van der Waals surface area contributed by atoms with E-state index in [1.54, 1.807) is 30.2 Å². The van der Waals surface area contributed by atoms with Gasteiger partial charge in [0, 0.05) is 23.6 Å². The van der Waals surface area contributed by atoms with E-state index < -0.39 is 0 Å². The molecule has 0 aliphatic rings. The number of aromatic nitrogens is 1. The van der Waals surface area contributed by atoms with E-state index in [4.69, 9.17) is 10.2 Å². The Morgan fingerprint density at radius 1 is 1.41 bits per heavy atom. The van der Waals surface area contributed by atoms with Crippen LogP contribution in [-0.4, -0.2) is 17.3 Å². The molecule has 0 spiro atoms. The van der Waals surface area contributed by atoms with Gasteiger partial charge in [-0.15, -0.1) is 0 Å². The summed E-state index contributed by atoms with van der Waals surface area (Å²) >= 11 is 1.70. The van der Waals surface area contributed by atoms with Crippen molar-refractivity contribution >= 4 is 11.8 Å². The van der Waals surface area contributed by atoms with Crippen molar-refractivity contribution in [1.82, 2.24) is 4.98 Å². The summed E-state index contributed by atoms with van der Waals surface area (Å²) in [5.41, 5.74) is 6.90. The number of oxazole rings is 1. The minimum Gasteiger partial charge on any atom is -0.444 e. The highest BCUT2D eigenvalue weighted by Gasteiger charge is 2.07. The molecule has 0 bridgehead atoms. The number of hydrogen-bond donors (Lipinski definition) is 1. The Kier molecular flexibility index (Phi) is 4.17. The summed E-state index contributed by atoms with van der Waals surface area (Å²) in [7, 11) is 0. The molecular formula is C12H13FN2OS. The van der Waals surface area contributed by atoms with E-state index in [1.165, 1.54) is 12.1 Å². The first kappa shape index (κ1) is 12.1. The van der Waals surface area contributed by atoms with Gasteiger partial charge in [0.15, 0.2) is 0 Å². The zero-order valence-corrected chi connectivity index (χ0v) is 10.0. The van der Waals surface area contributed by atoms with E-state index in [9.17, 15) is 4.39 Å². The third-order valence-corrected chi connectivity index (χ3v) is 3.16. The molecule has 0 saturated heterocycles. The molecule has 1 heterocycles. The third-order valence-electron chi connectivity index (χ3n) is 2.14. The monoisotopic (exact) mass is 252 g/mol. The van der Waals surface area contributed by atoms with Crippen LogP contribution in [-0.2, 0) is 5.75 Å². The lowest BCUT2D eigenvalue weighted by Crippen LogP contribution is -2.01. The van der Waals surface area contributed by atoms with Gasteiger partial charge >= 0.3 is 0 Å². The highest BCUT2D eigenvalue weighted by Crippen LogP contribution is 2.21. The maximum absolute atomic E-state index is 13.0. The first-order valence-electron chi connectivity index (χ1n) is 5.28. The second kappa shape index (κ2) is 5.84. The summed E-state index contributed by atoms with van der Waals surface area (Å²) in [4.78, 5) is 4.30. The van der Waals surface area contributed by atoms with Gasteiger partial charge < -0.3 is 10.2 Å². The molecule has 1 aromatic heterocycles. The van der Waals surface area contributed by atoms with Gasteiger partial charge in [-0.3, -0.25) is 0 Å². The van der Waals surface area contributed by atoms with Crippen molar-refractivity contribution in [3.63, 3.8) is 0 Å². The number of benzene rings is 1. The summed E-state index contributed by atoms with van der Waals surface area (Å²) in [6.45, 7) is 0.652. The number of nitrogens with zero attached hydrogens (tertiary/aromatic N) is 1.